The molecule has 164 valence electrons. The molecule has 0 unspecified atom stereocenters. The monoisotopic (exact) mass is 452 g/mol. The van der Waals surface area contributed by atoms with Gasteiger partial charge in [-0.05, 0) is 56.9 Å². The minimum atomic E-state index is -0.314. The van der Waals surface area contributed by atoms with E-state index in [1.54, 1.807) is 0 Å². The maximum Gasteiger partial charge on any atom is 0.323 e. The van der Waals surface area contributed by atoms with Gasteiger partial charge in [-0.25, -0.2) is 4.79 Å². The van der Waals surface area contributed by atoms with Crippen LogP contribution in [0, 0.1) is 0 Å². The number of amides is 2. The normalized spacial score (nSPS) is 10.7. The average molecular weight is 453 g/mol. The zero-order chi connectivity index (χ0) is 21.8. The molecule has 2 aromatic rings. The number of hydrogen-bond acceptors (Lipinski definition) is 4. The molecule has 0 aliphatic rings. The lowest BCUT2D eigenvalue weighted by molar-refractivity contribution is 0.262. The summed E-state index contributed by atoms with van der Waals surface area (Å²) in [6.07, 6.45) is 0.939. The van der Waals surface area contributed by atoms with Crippen molar-refractivity contribution in [2.24, 2.45) is 0 Å². The van der Waals surface area contributed by atoms with E-state index in [4.69, 9.17) is 27.9 Å². The Morgan fingerprint density at radius 2 is 1.60 bits per heavy atom. The first-order chi connectivity index (χ1) is 14.5. The largest absolute Gasteiger partial charge is 0.493 e. The van der Waals surface area contributed by atoms with Gasteiger partial charge in [-0.3, -0.25) is 0 Å². The Hall–Kier alpha value is -2.15. The predicted octanol–water partition coefficient (Wildman–Crippen LogP) is 4.95. The second-order valence-electron chi connectivity index (χ2n) is 7.02. The van der Waals surface area contributed by atoms with Crippen molar-refractivity contribution in [1.29, 1.82) is 0 Å². The van der Waals surface area contributed by atoms with Gasteiger partial charge in [0.25, 0.3) is 0 Å². The third kappa shape index (κ3) is 8.69. The molecule has 0 spiro atoms. The number of hydrogen-bond donors (Lipinski definition) is 2. The van der Waals surface area contributed by atoms with E-state index in [0.29, 0.717) is 29.7 Å². The highest BCUT2D eigenvalue weighted by molar-refractivity contribution is 6.18. The summed E-state index contributed by atoms with van der Waals surface area (Å²) in [5, 5.41) is 5.67. The van der Waals surface area contributed by atoms with Gasteiger partial charge < -0.3 is 25.2 Å². The molecule has 2 N–H and O–H groups in total. The van der Waals surface area contributed by atoms with Crippen LogP contribution in [0.1, 0.15) is 6.42 Å². The second-order valence-corrected chi connectivity index (χ2v) is 7.78. The molecule has 2 aromatic carbocycles. The summed E-state index contributed by atoms with van der Waals surface area (Å²) in [5.41, 5.74) is 2.38. The highest BCUT2D eigenvalue weighted by Crippen LogP contribution is 2.20. The number of carbonyl (C=O) groups is 1. The molecule has 0 aliphatic heterocycles. The van der Waals surface area contributed by atoms with Crippen molar-refractivity contribution in [2.45, 2.75) is 6.42 Å². The Kier molecular flexibility index (Phi) is 10.6. The van der Waals surface area contributed by atoms with Crippen LogP contribution in [0.2, 0.25) is 0 Å². The Morgan fingerprint density at radius 1 is 0.933 bits per heavy atom. The third-order valence-electron chi connectivity index (χ3n) is 4.31. The number of urea groups is 1. The molecule has 0 heterocycles. The summed E-state index contributed by atoms with van der Waals surface area (Å²) in [5.74, 6) is 1.78. The smallest absolute Gasteiger partial charge is 0.323 e. The van der Waals surface area contributed by atoms with E-state index in [2.05, 4.69) is 20.4 Å². The lowest BCUT2D eigenvalue weighted by atomic mass is 10.2. The van der Waals surface area contributed by atoms with E-state index < -0.39 is 0 Å². The maximum absolute atomic E-state index is 12.3. The average Bonchev–Trinajstić information content (AvgIpc) is 2.72. The van der Waals surface area contributed by atoms with Crippen molar-refractivity contribution in [1.82, 2.24) is 4.90 Å². The molecule has 0 atom stereocenters. The van der Waals surface area contributed by atoms with E-state index in [-0.39, 0.29) is 6.03 Å². The van der Waals surface area contributed by atoms with Gasteiger partial charge in [-0.1, -0.05) is 6.07 Å². The molecular formula is C22H30Cl2N4O2. The van der Waals surface area contributed by atoms with Crippen molar-refractivity contribution in [3.8, 4) is 5.75 Å². The molecule has 0 radical (unpaired) electrons. The number of ether oxygens (including phenoxy) is 1. The summed E-state index contributed by atoms with van der Waals surface area (Å²) in [6.45, 7) is 3.03. The van der Waals surface area contributed by atoms with Gasteiger partial charge >= 0.3 is 6.03 Å². The maximum atomic E-state index is 12.3. The number of halogens is 2. The number of alkyl halides is 2. The Morgan fingerprint density at radius 3 is 2.23 bits per heavy atom. The van der Waals surface area contributed by atoms with Gasteiger partial charge in [0.1, 0.15) is 5.75 Å². The van der Waals surface area contributed by atoms with Crippen molar-refractivity contribution >= 4 is 46.3 Å². The fourth-order valence-electron chi connectivity index (χ4n) is 2.86. The highest BCUT2D eigenvalue weighted by Gasteiger charge is 2.07. The molecule has 30 heavy (non-hydrogen) atoms. The molecule has 6 nitrogen and oxygen atoms in total. The first-order valence-corrected chi connectivity index (χ1v) is 11.0. The summed E-state index contributed by atoms with van der Waals surface area (Å²) >= 11 is 11.7. The Labute approximate surface area is 189 Å². The minimum Gasteiger partial charge on any atom is -0.493 e. The van der Waals surface area contributed by atoms with Crippen LogP contribution in [0.25, 0.3) is 0 Å². The molecule has 0 bridgehead atoms. The van der Waals surface area contributed by atoms with Gasteiger partial charge in [0, 0.05) is 54.5 Å². The summed E-state index contributed by atoms with van der Waals surface area (Å²) in [7, 11) is 4.07. The van der Waals surface area contributed by atoms with Crippen molar-refractivity contribution in [3.63, 3.8) is 0 Å². The molecule has 0 saturated heterocycles. The van der Waals surface area contributed by atoms with Gasteiger partial charge in [-0.15, -0.1) is 23.2 Å². The number of carbonyl (C=O) groups excluding carboxylic acids is 1. The third-order valence-corrected chi connectivity index (χ3v) is 4.65. The zero-order valence-corrected chi connectivity index (χ0v) is 19.0. The molecule has 0 saturated carbocycles. The molecular weight excluding hydrogens is 423 g/mol. The van der Waals surface area contributed by atoms with E-state index >= 15 is 0 Å². The van der Waals surface area contributed by atoms with Crippen LogP contribution in [-0.2, 0) is 0 Å². The highest BCUT2D eigenvalue weighted by atomic mass is 35.5. The van der Waals surface area contributed by atoms with Gasteiger partial charge in [0.2, 0.25) is 0 Å². The number of nitrogens with zero attached hydrogens (tertiary/aromatic N) is 2. The van der Waals surface area contributed by atoms with Crippen LogP contribution in [0.5, 0.6) is 5.75 Å². The van der Waals surface area contributed by atoms with Crippen molar-refractivity contribution in [2.75, 3.05) is 67.6 Å². The standard InChI is InChI=1S/C22H30Cl2N4O2/c1-27(2)13-4-16-30-21-6-3-5-19(17-21)26-22(29)25-18-7-9-20(10-8-18)28(14-11-23)15-12-24/h3,5-10,17H,4,11-16H2,1-2H3,(H2,25,26,29). The van der Waals surface area contributed by atoms with E-state index in [1.807, 2.05) is 62.6 Å². The fourth-order valence-corrected chi connectivity index (χ4v) is 3.27. The zero-order valence-electron chi connectivity index (χ0n) is 17.5. The molecule has 2 amide bonds. The van der Waals surface area contributed by atoms with E-state index in [1.165, 1.54) is 0 Å². The van der Waals surface area contributed by atoms with E-state index in [9.17, 15) is 4.79 Å². The Bertz CT molecular complexity index is 766. The minimum absolute atomic E-state index is 0.314. The van der Waals surface area contributed by atoms with Gasteiger partial charge in [0.15, 0.2) is 0 Å². The first kappa shape index (κ1) is 24.1. The fraction of sp³-hybridized carbons (Fsp3) is 0.409. The summed E-state index contributed by atoms with van der Waals surface area (Å²) in [6, 6.07) is 14.7. The van der Waals surface area contributed by atoms with Crippen LogP contribution < -0.4 is 20.3 Å². The number of nitrogens with one attached hydrogen (secondary N) is 2. The lowest BCUT2D eigenvalue weighted by Gasteiger charge is -2.23. The molecule has 0 fully saturated rings. The number of anilines is 3. The van der Waals surface area contributed by atoms with Crippen LogP contribution in [0.15, 0.2) is 48.5 Å². The van der Waals surface area contributed by atoms with Crippen LogP contribution in [0.4, 0.5) is 21.9 Å². The summed E-state index contributed by atoms with van der Waals surface area (Å²) < 4.78 is 5.75. The molecule has 2 rings (SSSR count). The second kappa shape index (κ2) is 13.2. The van der Waals surface area contributed by atoms with Gasteiger partial charge in [-0.2, -0.15) is 0 Å². The molecule has 0 aromatic heterocycles. The quantitative estimate of drug-likeness (QED) is 0.353. The Balaban J connectivity index is 1.87. The topological polar surface area (TPSA) is 56.8 Å². The lowest BCUT2D eigenvalue weighted by Crippen LogP contribution is -2.27. The summed E-state index contributed by atoms with van der Waals surface area (Å²) in [4.78, 5) is 16.6. The number of rotatable bonds is 12. The SMILES string of the molecule is CN(C)CCCOc1cccc(NC(=O)Nc2ccc(N(CCCl)CCCl)cc2)c1. The first-order valence-electron chi connectivity index (χ1n) is 9.94. The molecule has 0 aliphatic carbocycles. The predicted molar refractivity (Wildman–Crippen MR) is 128 cm³/mol. The van der Waals surface area contributed by atoms with Crippen molar-refractivity contribution < 1.29 is 9.53 Å². The van der Waals surface area contributed by atoms with Gasteiger partial charge in [0.05, 0.1) is 6.61 Å². The van der Waals surface area contributed by atoms with Crippen LogP contribution in [-0.4, -0.2) is 63.0 Å². The van der Waals surface area contributed by atoms with Crippen LogP contribution in [0.3, 0.4) is 0 Å². The van der Waals surface area contributed by atoms with Crippen molar-refractivity contribution in [3.05, 3.63) is 48.5 Å². The molecule has 8 heteroatoms. The van der Waals surface area contributed by atoms with Crippen LogP contribution >= 0.6 is 23.2 Å². The van der Waals surface area contributed by atoms with E-state index in [0.717, 1.165) is 37.5 Å². The number of benzene rings is 2.